The van der Waals surface area contributed by atoms with Crippen LogP contribution in [0.2, 0.25) is 0 Å². The van der Waals surface area contributed by atoms with E-state index in [1.165, 1.54) is 130 Å². The van der Waals surface area contributed by atoms with Gasteiger partial charge in [0, 0.05) is 91.8 Å². The largest absolute Gasteiger partial charge is 0.358 e. The number of nitrogens with zero attached hydrogens (tertiary/aromatic N) is 5. The molecule has 0 bridgehead atoms. The Kier molecular flexibility index (Phi) is 15.1. The summed E-state index contributed by atoms with van der Waals surface area (Å²) in [6, 6.07) is 125. The maximum absolute atomic E-state index is 5.14. The van der Waals surface area contributed by atoms with Gasteiger partial charge in [0.25, 0.3) is 0 Å². The van der Waals surface area contributed by atoms with Gasteiger partial charge in [-0.1, -0.05) is 307 Å². The Morgan fingerprint density at radius 1 is 0.240 bits per heavy atom. The van der Waals surface area contributed by atoms with Crippen LogP contribution in [0.3, 0.4) is 0 Å². The van der Waals surface area contributed by atoms with Crippen LogP contribution in [0.15, 0.2) is 356 Å². The third kappa shape index (κ3) is 10.1. The Morgan fingerprint density at radius 3 is 1.08 bits per heavy atom. The SMILES string of the molecule is Brc1ccc(-c2nc(-c3ccccc3)c3ccccc3n2)cc1.[CH3-].c1ccc(-c2nc(-c3ccc(-n4c5ccccc5c5c6c7ccccc7c7ccccc7c6c6ccccc6c54)cc3)nc3ccccc23)cc1.c1ccc2c(c1)[nH]c1c3ccccc3c3c4ccccc4c4ccccc4c3c21. The highest BCUT2D eigenvalue weighted by Gasteiger charge is 2.24. The lowest BCUT2D eigenvalue weighted by molar-refractivity contribution is 1.18. The number of fused-ring (bicyclic) bond motifs is 28. The number of hydrogen-bond donors (Lipinski definition) is 1. The number of hydrogen-bond acceptors (Lipinski definition) is 4. The van der Waals surface area contributed by atoms with E-state index >= 15 is 0 Å². The van der Waals surface area contributed by atoms with E-state index in [-0.39, 0.29) is 7.43 Å². The van der Waals surface area contributed by atoms with E-state index in [0.29, 0.717) is 0 Å². The Labute approximate surface area is 607 Å². The van der Waals surface area contributed by atoms with Crippen molar-refractivity contribution in [3.8, 4) is 51.0 Å². The zero-order valence-corrected chi connectivity index (χ0v) is 58.2. The van der Waals surface area contributed by atoms with Gasteiger partial charge in [-0.25, -0.2) is 19.9 Å². The number of halogens is 1. The van der Waals surface area contributed by atoms with Crippen LogP contribution < -0.4 is 0 Å². The summed E-state index contributed by atoms with van der Waals surface area (Å²) >= 11 is 3.47. The van der Waals surface area contributed by atoms with E-state index in [1.54, 1.807) is 0 Å². The number of H-pyrrole nitrogens is 1. The second kappa shape index (κ2) is 25.5. The molecule has 4 heterocycles. The molecule has 1 N–H and O–H groups in total. The first-order chi connectivity index (χ1) is 51.1. The lowest BCUT2D eigenvalue weighted by atomic mass is 9.88. The molecule has 0 saturated heterocycles. The van der Waals surface area contributed by atoms with Gasteiger partial charge in [-0.15, -0.1) is 0 Å². The van der Waals surface area contributed by atoms with Gasteiger partial charge < -0.3 is 17.0 Å². The third-order valence-corrected chi connectivity index (χ3v) is 21.2. The summed E-state index contributed by atoms with van der Waals surface area (Å²) in [6.07, 6.45) is 0. The fourth-order valence-electron chi connectivity index (χ4n) is 16.2. The van der Waals surface area contributed by atoms with E-state index in [4.69, 9.17) is 19.9 Å². The molecule has 0 saturated carbocycles. The summed E-state index contributed by atoms with van der Waals surface area (Å²) in [7, 11) is 0. The van der Waals surface area contributed by atoms with Gasteiger partial charge in [-0.05, 0) is 125 Å². The van der Waals surface area contributed by atoms with Crippen molar-refractivity contribution < 1.29 is 0 Å². The highest BCUT2D eigenvalue weighted by Crippen LogP contribution is 2.49. The maximum atomic E-state index is 5.14. The van der Waals surface area contributed by atoms with Gasteiger partial charge in [0.1, 0.15) is 0 Å². The minimum atomic E-state index is 0. The lowest BCUT2D eigenvalue weighted by Gasteiger charge is -2.16. The lowest BCUT2D eigenvalue weighted by Crippen LogP contribution is -1.97. The summed E-state index contributed by atoms with van der Waals surface area (Å²) in [5, 5.41) is 28.1. The van der Waals surface area contributed by atoms with Crippen molar-refractivity contribution in [3.63, 3.8) is 0 Å². The van der Waals surface area contributed by atoms with Crippen LogP contribution in [-0.4, -0.2) is 29.5 Å². The highest BCUT2D eigenvalue weighted by atomic mass is 79.9. The number of rotatable bonds is 5. The smallest absolute Gasteiger partial charge is 0.160 e. The standard InChI is InChI=1S/C48H29N3.C28H17N.C20H13BrN2.CH3/c1-2-14-30(15-3-1)46-39-22-10-12-24-41(39)49-48(50-46)31-26-28-32(29-27-31)51-42-25-13-11-23-40(42)45-44-36-19-7-5-17-34(36)33-16-4-6-18-35(33)43(44)37-20-8-9-21-38(37)47(45)51;1-3-11-19-17(9-1)18-10-2-4-12-20(18)26-25(19)21-13-5-6-14-22(21)28-27(26)23-15-7-8-16-24(23)29-28;21-16-12-10-15(11-13-16)20-22-18-9-5-4-8-17(18)19(23-20)14-6-2-1-3-7-14;/h1-29H;1-16,29H;1-13H;1H3/q;;;-1. The minimum absolute atomic E-state index is 0. The summed E-state index contributed by atoms with van der Waals surface area (Å²) in [5.74, 6) is 1.46. The van der Waals surface area contributed by atoms with E-state index in [0.717, 1.165) is 77.3 Å². The molecule has 104 heavy (non-hydrogen) atoms. The molecule has 0 aliphatic rings. The average molecular weight is 1390 g/mol. The number of aromatic amines is 1. The number of benzene rings is 18. The van der Waals surface area contributed by atoms with Crippen LogP contribution in [-0.2, 0) is 0 Å². The third-order valence-electron chi connectivity index (χ3n) is 20.7. The van der Waals surface area contributed by atoms with Crippen LogP contribution in [0.25, 0.3) is 203 Å². The molecule has 22 aromatic rings. The molecular weight excluding hydrogens is 1330 g/mol. The van der Waals surface area contributed by atoms with E-state index in [2.05, 4.69) is 305 Å². The van der Waals surface area contributed by atoms with Crippen molar-refractivity contribution in [2.24, 2.45) is 0 Å². The molecule has 0 atom stereocenters. The molecule has 0 unspecified atom stereocenters. The fraction of sp³-hybridized carbons (Fsp3) is 0. The normalized spacial score (nSPS) is 11.6. The summed E-state index contributed by atoms with van der Waals surface area (Å²) in [5.41, 5.74) is 13.9. The topological polar surface area (TPSA) is 72.3 Å². The molecule has 0 amide bonds. The predicted octanol–water partition coefficient (Wildman–Crippen LogP) is 26.8. The van der Waals surface area contributed by atoms with E-state index in [9.17, 15) is 0 Å². The highest BCUT2D eigenvalue weighted by molar-refractivity contribution is 9.10. The van der Waals surface area contributed by atoms with Crippen molar-refractivity contribution >= 4 is 168 Å². The molecule has 0 radical (unpaired) electrons. The van der Waals surface area contributed by atoms with Crippen molar-refractivity contribution in [1.82, 2.24) is 29.5 Å². The first-order valence-corrected chi connectivity index (χ1v) is 35.7. The fourth-order valence-corrected chi connectivity index (χ4v) is 16.5. The second-order valence-electron chi connectivity index (χ2n) is 26.4. The van der Waals surface area contributed by atoms with E-state index < -0.39 is 0 Å². The quantitative estimate of drug-likeness (QED) is 0.138. The molecule has 7 heteroatoms. The first kappa shape index (κ1) is 61.9. The van der Waals surface area contributed by atoms with Crippen molar-refractivity contribution in [3.05, 3.63) is 364 Å². The second-order valence-corrected chi connectivity index (χ2v) is 27.3. The minimum Gasteiger partial charge on any atom is -0.358 e. The predicted molar refractivity (Wildman–Crippen MR) is 445 cm³/mol. The Morgan fingerprint density at radius 2 is 0.587 bits per heavy atom. The van der Waals surface area contributed by atoms with Gasteiger partial charge >= 0.3 is 0 Å². The Hall–Kier alpha value is -13.2. The van der Waals surface area contributed by atoms with E-state index in [1.807, 2.05) is 72.8 Å². The molecule has 22 rings (SSSR count). The van der Waals surface area contributed by atoms with Crippen molar-refractivity contribution in [2.45, 2.75) is 0 Å². The molecule has 488 valence electrons. The first-order valence-electron chi connectivity index (χ1n) is 34.9. The maximum Gasteiger partial charge on any atom is 0.160 e. The van der Waals surface area contributed by atoms with Gasteiger partial charge in [-0.3, -0.25) is 0 Å². The number of nitrogens with one attached hydrogen (secondary N) is 1. The summed E-state index contributed by atoms with van der Waals surface area (Å²) in [4.78, 5) is 23.5. The van der Waals surface area contributed by atoms with Crippen molar-refractivity contribution in [2.75, 3.05) is 0 Å². The van der Waals surface area contributed by atoms with Crippen LogP contribution in [0.1, 0.15) is 0 Å². The zero-order chi connectivity index (χ0) is 68.1. The molecule has 0 aliphatic carbocycles. The molecule has 0 fully saturated rings. The van der Waals surface area contributed by atoms with Gasteiger partial charge in [0.05, 0.1) is 39.0 Å². The number of aromatic nitrogens is 6. The molecule has 0 aliphatic heterocycles. The van der Waals surface area contributed by atoms with Gasteiger partial charge in [-0.2, -0.15) is 0 Å². The van der Waals surface area contributed by atoms with Gasteiger partial charge in [0.2, 0.25) is 0 Å². The number of para-hydroxylation sites is 4. The van der Waals surface area contributed by atoms with Crippen LogP contribution in [0, 0.1) is 7.43 Å². The van der Waals surface area contributed by atoms with Crippen LogP contribution in [0.5, 0.6) is 0 Å². The monoisotopic (exact) mass is 1390 g/mol. The zero-order valence-electron chi connectivity index (χ0n) is 56.6. The molecular formula is C97H62BrN6-. The van der Waals surface area contributed by atoms with Gasteiger partial charge in [0.15, 0.2) is 11.6 Å². The Balaban J connectivity index is 0.000000118. The molecule has 18 aromatic carbocycles. The summed E-state index contributed by atoms with van der Waals surface area (Å²) in [6.45, 7) is 0. The summed E-state index contributed by atoms with van der Waals surface area (Å²) < 4.78 is 3.50. The molecule has 0 spiro atoms. The molecule has 4 aromatic heterocycles. The molecule has 6 nitrogen and oxygen atoms in total. The van der Waals surface area contributed by atoms with Crippen LogP contribution >= 0.6 is 15.9 Å². The van der Waals surface area contributed by atoms with Crippen LogP contribution in [0.4, 0.5) is 0 Å². The Bertz CT molecular complexity index is 7170. The van der Waals surface area contributed by atoms with Crippen molar-refractivity contribution in [1.29, 1.82) is 0 Å². The average Bonchev–Trinajstić information content (AvgIpc) is 1.42.